The Morgan fingerprint density at radius 3 is 2.82 bits per heavy atom. The zero-order chi connectivity index (χ0) is 12.4. The third-order valence-electron chi connectivity index (χ3n) is 2.72. The fraction of sp³-hybridized carbons (Fsp3) is 0.385. The molecule has 1 aliphatic heterocycles. The minimum Gasteiger partial charge on any atom is -0.312 e. The predicted molar refractivity (Wildman–Crippen MR) is 69.4 cm³/mol. The molecule has 0 spiro atoms. The summed E-state index contributed by atoms with van der Waals surface area (Å²) in [5.74, 6) is 0.958. The first-order chi connectivity index (χ1) is 8.06. The molecule has 4 heteroatoms. The normalized spacial score (nSPS) is 19.4. The van der Waals surface area contributed by atoms with Crippen LogP contribution in [0.15, 0.2) is 29.3 Å². The van der Waals surface area contributed by atoms with Crippen molar-refractivity contribution < 1.29 is 4.79 Å². The summed E-state index contributed by atoms with van der Waals surface area (Å²) >= 11 is 5.91. The number of aliphatic imine (C=N–C) groups is 1. The van der Waals surface area contributed by atoms with Crippen molar-refractivity contribution in [3.8, 4) is 0 Å². The zero-order valence-corrected chi connectivity index (χ0v) is 10.7. The summed E-state index contributed by atoms with van der Waals surface area (Å²) in [5.41, 5.74) is 1.06. The van der Waals surface area contributed by atoms with Gasteiger partial charge in [-0.1, -0.05) is 37.6 Å². The topological polar surface area (TPSA) is 41.5 Å². The van der Waals surface area contributed by atoms with E-state index in [1.165, 1.54) is 0 Å². The Bertz CT molecular complexity index is 468. The van der Waals surface area contributed by atoms with Crippen molar-refractivity contribution >= 4 is 23.3 Å². The van der Waals surface area contributed by atoms with Crippen LogP contribution in [0, 0.1) is 5.92 Å². The van der Waals surface area contributed by atoms with Crippen LogP contribution in [0.5, 0.6) is 0 Å². The maximum absolute atomic E-state index is 11.6. The van der Waals surface area contributed by atoms with Gasteiger partial charge >= 0.3 is 0 Å². The summed E-state index contributed by atoms with van der Waals surface area (Å²) in [6.45, 7) is 3.99. The Balaban J connectivity index is 2.11. The van der Waals surface area contributed by atoms with E-state index in [4.69, 9.17) is 11.6 Å². The van der Waals surface area contributed by atoms with Crippen molar-refractivity contribution in [2.75, 3.05) is 0 Å². The zero-order valence-electron chi connectivity index (χ0n) is 9.90. The van der Waals surface area contributed by atoms with Crippen LogP contribution in [0.2, 0.25) is 5.02 Å². The van der Waals surface area contributed by atoms with Gasteiger partial charge in [0.05, 0.1) is 0 Å². The van der Waals surface area contributed by atoms with Gasteiger partial charge in [-0.2, -0.15) is 0 Å². The van der Waals surface area contributed by atoms with Gasteiger partial charge in [-0.15, -0.1) is 0 Å². The highest BCUT2D eigenvalue weighted by Gasteiger charge is 2.28. The summed E-state index contributed by atoms with van der Waals surface area (Å²) in [6.07, 6.45) is 0.621. The van der Waals surface area contributed by atoms with Gasteiger partial charge in [0.15, 0.2) is 0 Å². The van der Waals surface area contributed by atoms with Gasteiger partial charge in [-0.05, 0) is 23.6 Å². The van der Waals surface area contributed by atoms with Gasteiger partial charge < -0.3 is 5.32 Å². The summed E-state index contributed by atoms with van der Waals surface area (Å²) in [6, 6.07) is 7.35. The first kappa shape index (κ1) is 12.1. The molecule has 0 aliphatic carbocycles. The van der Waals surface area contributed by atoms with Gasteiger partial charge in [-0.25, -0.2) is 0 Å². The molecule has 0 aromatic heterocycles. The number of carbonyl (C=O) groups is 1. The van der Waals surface area contributed by atoms with Crippen LogP contribution in [0.1, 0.15) is 19.4 Å². The molecule has 1 N–H and O–H groups in total. The fourth-order valence-electron chi connectivity index (χ4n) is 1.86. The molecule has 0 saturated heterocycles. The van der Waals surface area contributed by atoms with Crippen LogP contribution in [0.25, 0.3) is 0 Å². The second-order valence-electron chi connectivity index (χ2n) is 4.56. The number of hydrogen-bond acceptors (Lipinski definition) is 2. The van der Waals surface area contributed by atoms with Crippen LogP contribution in [0.3, 0.4) is 0 Å². The molecule has 1 aliphatic rings. The van der Waals surface area contributed by atoms with E-state index in [2.05, 4.69) is 10.3 Å². The molecule has 1 aromatic carbocycles. The van der Waals surface area contributed by atoms with Crippen LogP contribution in [-0.2, 0) is 11.2 Å². The highest BCUT2D eigenvalue weighted by Crippen LogP contribution is 2.15. The minimum atomic E-state index is -0.246. The van der Waals surface area contributed by atoms with E-state index in [1.807, 2.05) is 38.1 Å². The first-order valence-electron chi connectivity index (χ1n) is 5.68. The molecule has 0 bridgehead atoms. The van der Waals surface area contributed by atoms with E-state index in [1.54, 1.807) is 0 Å². The Morgan fingerprint density at radius 2 is 2.24 bits per heavy atom. The largest absolute Gasteiger partial charge is 0.312 e. The molecular formula is C13H15ClN2O. The molecule has 1 aromatic rings. The molecule has 0 fully saturated rings. The lowest BCUT2D eigenvalue weighted by Crippen LogP contribution is -2.31. The molecular weight excluding hydrogens is 236 g/mol. The molecule has 1 unspecified atom stereocenters. The number of hydrogen-bond donors (Lipinski definition) is 1. The van der Waals surface area contributed by atoms with Gasteiger partial charge in [0, 0.05) is 11.4 Å². The number of halogens is 1. The van der Waals surface area contributed by atoms with E-state index in [0.29, 0.717) is 11.4 Å². The lowest BCUT2D eigenvalue weighted by molar-refractivity contribution is -0.120. The molecule has 0 saturated carbocycles. The molecule has 2 rings (SSSR count). The average Bonchev–Trinajstić information content (AvgIpc) is 2.59. The summed E-state index contributed by atoms with van der Waals surface area (Å²) in [7, 11) is 0. The van der Waals surface area contributed by atoms with Crippen LogP contribution >= 0.6 is 11.6 Å². The van der Waals surface area contributed by atoms with Crippen LogP contribution in [-0.4, -0.2) is 17.8 Å². The summed E-state index contributed by atoms with van der Waals surface area (Å²) in [4.78, 5) is 16.0. The van der Waals surface area contributed by atoms with Crippen molar-refractivity contribution in [2.45, 2.75) is 26.3 Å². The molecule has 0 radical (unpaired) electrons. The molecule has 1 heterocycles. The Kier molecular flexibility index (Phi) is 3.48. The SMILES string of the molecule is CC(C)C1N=C(Cc2cccc(Cl)c2)NC1=O. The smallest absolute Gasteiger partial charge is 0.250 e. The van der Waals surface area contributed by atoms with Crippen molar-refractivity contribution in [3.63, 3.8) is 0 Å². The van der Waals surface area contributed by atoms with Gasteiger partial charge in [-0.3, -0.25) is 9.79 Å². The highest BCUT2D eigenvalue weighted by molar-refractivity contribution is 6.30. The third-order valence-corrected chi connectivity index (χ3v) is 2.96. The van der Waals surface area contributed by atoms with E-state index in [9.17, 15) is 4.79 Å². The second kappa shape index (κ2) is 4.88. The van der Waals surface area contributed by atoms with Crippen molar-refractivity contribution in [1.29, 1.82) is 0 Å². The van der Waals surface area contributed by atoms with Gasteiger partial charge in [0.1, 0.15) is 11.9 Å². The van der Waals surface area contributed by atoms with E-state index in [0.717, 1.165) is 11.4 Å². The Labute approximate surface area is 106 Å². The number of amides is 1. The lowest BCUT2D eigenvalue weighted by Gasteiger charge is -2.06. The van der Waals surface area contributed by atoms with Gasteiger partial charge in [0.25, 0.3) is 0 Å². The van der Waals surface area contributed by atoms with Crippen molar-refractivity contribution in [1.82, 2.24) is 5.32 Å². The monoisotopic (exact) mass is 250 g/mol. The summed E-state index contributed by atoms with van der Waals surface area (Å²) < 4.78 is 0. The van der Waals surface area contributed by atoms with Crippen molar-refractivity contribution in [2.24, 2.45) is 10.9 Å². The Morgan fingerprint density at radius 1 is 1.47 bits per heavy atom. The molecule has 1 atom stereocenters. The van der Waals surface area contributed by atoms with Crippen molar-refractivity contribution in [3.05, 3.63) is 34.9 Å². The van der Waals surface area contributed by atoms with E-state index < -0.39 is 0 Å². The maximum Gasteiger partial charge on any atom is 0.250 e. The summed E-state index contributed by atoms with van der Waals surface area (Å²) in [5, 5.41) is 3.52. The Hall–Kier alpha value is -1.35. The minimum absolute atomic E-state index is 0.00275. The average molecular weight is 251 g/mol. The van der Waals surface area contributed by atoms with E-state index in [-0.39, 0.29) is 17.9 Å². The third kappa shape index (κ3) is 2.86. The number of benzene rings is 1. The molecule has 1 amide bonds. The molecule has 17 heavy (non-hydrogen) atoms. The highest BCUT2D eigenvalue weighted by atomic mass is 35.5. The molecule has 3 nitrogen and oxygen atoms in total. The fourth-order valence-corrected chi connectivity index (χ4v) is 2.07. The van der Waals surface area contributed by atoms with Crippen LogP contribution in [0.4, 0.5) is 0 Å². The van der Waals surface area contributed by atoms with Gasteiger partial charge in [0.2, 0.25) is 5.91 Å². The number of nitrogens with one attached hydrogen (secondary N) is 1. The number of nitrogens with zero attached hydrogens (tertiary/aromatic N) is 1. The number of rotatable bonds is 3. The number of carbonyl (C=O) groups excluding carboxylic acids is 1. The maximum atomic E-state index is 11.6. The lowest BCUT2D eigenvalue weighted by atomic mass is 10.1. The standard InChI is InChI=1S/C13H15ClN2O/c1-8(2)12-13(17)16-11(15-12)7-9-4-3-5-10(14)6-9/h3-6,8,12H,7H2,1-2H3,(H,15,16,17). The quantitative estimate of drug-likeness (QED) is 0.880. The molecule has 90 valence electrons. The number of amidine groups is 1. The second-order valence-corrected chi connectivity index (χ2v) is 5.00. The predicted octanol–water partition coefficient (Wildman–Crippen LogP) is 2.44. The van der Waals surface area contributed by atoms with Crippen LogP contribution < -0.4 is 5.32 Å². The van der Waals surface area contributed by atoms with E-state index >= 15 is 0 Å². The first-order valence-corrected chi connectivity index (χ1v) is 6.06.